The highest BCUT2D eigenvalue weighted by Gasteiger charge is 2.04. The second-order valence-electron chi connectivity index (χ2n) is 3.44. The molecule has 1 aromatic heterocycles. The number of aromatic nitrogens is 1. The van der Waals surface area contributed by atoms with Crippen LogP contribution in [-0.2, 0) is 0 Å². The zero-order valence-electron chi connectivity index (χ0n) is 9.15. The smallest absolute Gasteiger partial charge is 0.308 e. The van der Waals surface area contributed by atoms with Crippen LogP contribution >= 0.6 is 23.2 Å². The van der Waals surface area contributed by atoms with Crippen molar-refractivity contribution in [1.82, 2.24) is 4.98 Å². The molecule has 0 aliphatic carbocycles. The van der Waals surface area contributed by atoms with Crippen LogP contribution in [0.2, 0.25) is 10.0 Å². The third-order valence-electron chi connectivity index (χ3n) is 2.12. The monoisotopic (exact) mass is 281 g/mol. The van der Waals surface area contributed by atoms with Gasteiger partial charge in [0.05, 0.1) is 10.0 Å². The summed E-state index contributed by atoms with van der Waals surface area (Å²) in [6, 6.07) is 7.88. The average molecular weight is 282 g/mol. The molecule has 2 aromatic rings. The molecular weight excluding hydrogens is 273 g/mol. The lowest BCUT2D eigenvalue weighted by molar-refractivity contribution is 0.262. The molecule has 0 bridgehead atoms. The normalized spacial score (nSPS) is 9.89. The molecule has 2 amide bonds. The SMILES string of the molecule is O=C(Nc1ccncc1)Nc1ccc(Cl)c(Cl)c1. The maximum absolute atomic E-state index is 11.7. The van der Waals surface area contributed by atoms with Gasteiger partial charge in [-0.25, -0.2) is 4.79 Å². The number of anilines is 2. The largest absolute Gasteiger partial charge is 0.323 e. The zero-order chi connectivity index (χ0) is 13.0. The second-order valence-corrected chi connectivity index (χ2v) is 4.26. The van der Waals surface area contributed by atoms with Crippen molar-refractivity contribution in [3.63, 3.8) is 0 Å². The minimum atomic E-state index is -0.361. The van der Waals surface area contributed by atoms with Gasteiger partial charge in [-0.15, -0.1) is 0 Å². The third kappa shape index (κ3) is 3.35. The molecule has 0 fully saturated rings. The van der Waals surface area contributed by atoms with Crippen molar-refractivity contribution in [3.05, 3.63) is 52.8 Å². The molecule has 92 valence electrons. The second kappa shape index (κ2) is 5.71. The molecular formula is C12H9Cl2N3O. The van der Waals surface area contributed by atoms with Crippen LogP contribution in [0.25, 0.3) is 0 Å². The van der Waals surface area contributed by atoms with E-state index < -0.39 is 0 Å². The van der Waals surface area contributed by atoms with Crippen LogP contribution in [0.3, 0.4) is 0 Å². The summed E-state index contributed by atoms with van der Waals surface area (Å²) in [6.45, 7) is 0. The Morgan fingerprint density at radius 2 is 1.61 bits per heavy atom. The van der Waals surface area contributed by atoms with Gasteiger partial charge < -0.3 is 10.6 Å². The third-order valence-corrected chi connectivity index (χ3v) is 2.85. The van der Waals surface area contributed by atoms with Crippen LogP contribution in [0, 0.1) is 0 Å². The summed E-state index contributed by atoms with van der Waals surface area (Å²) in [4.78, 5) is 15.5. The fourth-order valence-electron chi connectivity index (χ4n) is 1.30. The van der Waals surface area contributed by atoms with Gasteiger partial charge in [-0.2, -0.15) is 0 Å². The van der Waals surface area contributed by atoms with Gasteiger partial charge in [0.1, 0.15) is 0 Å². The number of halogens is 2. The first-order chi connectivity index (χ1) is 8.65. The molecule has 0 unspecified atom stereocenters. The number of hydrogen-bond donors (Lipinski definition) is 2. The standard InChI is InChI=1S/C12H9Cl2N3O/c13-10-2-1-9(7-11(10)14)17-12(18)16-8-3-5-15-6-4-8/h1-7H,(H2,15,16,17,18). The molecule has 0 saturated heterocycles. The van der Waals surface area contributed by atoms with Crippen LogP contribution in [0.1, 0.15) is 0 Å². The van der Waals surface area contributed by atoms with Gasteiger partial charge in [-0.3, -0.25) is 4.98 Å². The first kappa shape index (κ1) is 12.7. The van der Waals surface area contributed by atoms with Gasteiger partial charge in [-0.1, -0.05) is 23.2 Å². The predicted octanol–water partition coefficient (Wildman–Crippen LogP) is 4.03. The van der Waals surface area contributed by atoms with Gasteiger partial charge in [0, 0.05) is 23.8 Å². The number of nitrogens with one attached hydrogen (secondary N) is 2. The van der Waals surface area contributed by atoms with E-state index in [2.05, 4.69) is 15.6 Å². The number of urea groups is 1. The molecule has 0 aliphatic heterocycles. The van der Waals surface area contributed by atoms with Crippen molar-refractivity contribution in [1.29, 1.82) is 0 Å². The van der Waals surface area contributed by atoms with Crippen molar-refractivity contribution >= 4 is 40.6 Å². The summed E-state index contributed by atoms with van der Waals surface area (Å²) in [7, 11) is 0. The molecule has 4 nitrogen and oxygen atoms in total. The van der Waals surface area contributed by atoms with Crippen LogP contribution < -0.4 is 10.6 Å². The molecule has 0 aliphatic rings. The minimum Gasteiger partial charge on any atom is -0.308 e. The van der Waals surface area contributed by atoms with E-state index in [1.54, 1.807) is 42.7 Å². The van der Waals surface area contributed by atoms with E-state index in [0.29, 0.717) is 21.4 Å². The Hall–Kier alpha value is -1.78. The lowest BCUT2D eigenvalue weighted by atomic mass is 10.3. The maximum atomic E-state index is 11.7. The summed E-state index contributed by atoms with van der Waals surface area (Å²) in [5.74, 6) is 0. The number of nitrogens with zero attached hydrogens (tertiary/aromatic N) is 1. The number of benzene rings is 1. The van der Waals surface area contributed by atoms with Crippen LogP contribution in [0.15, 0.2) is 42.7 Å². The fraction of sp³-hybridized carbons (Fsp3) is 0. The van der Waals surface area contributed by atoms with Gasteiger partial charge in [0.25, 0.3) is 0 Å². The summed E-state index contributed by atoms with van der Waals surface area (Å²) >= 11 is 11.6. The molecule has 0 spiro atoms. The highest BCUT2D eigenvalue weighted by molar-refractivity contribution is 6.42. The summed E-state index contributed by atoms with van der Waals surface area (Å²) < 4.78 is 0. The molecule has 0 radical (unpaired) electrons. The fourth-order valence-corrected chi connectivity index (χ4v) is 1.60. The quantitative estimate of drug-likeness (QED) is 0.873. The number of pyridine rings is 1. The molecule has 1 heterocycles. The van der Waals surface area contributed by atoms with Crippen LogP contribution in [0.4, 0.5) is 16.2 Å². The number of carbonyl (C=O) groups is 1. The molecule has 2 N–H and O–H groups in total. The molecule has 0 saturated carbocycles. The van der Waals surface area contributed by atoms with Gasteiger partial charge in [0.15, 0.2) is 0 Å². The molecule has 18 heavy (non-hydrogen) atoms. The minimum absolute atomic E-state index is 0.361. The summed E-state index contributed by atoms with van der Waals surface area (Å²) in [6.07, 6.45) is 3.18. The maximum Gasteiger partial charge on any atom is 0.323 e. The summed E-state index contributed by atoms with van der Waals surface area (Å²) in [5, 5.41) is 6.13. The first-order valence-electron chi connectivity index (χ1n) is 5.08. The van der Waals surface area contributed by atoms with E-state index >= 15 is 0 Å². The number of rotatable bonds is 2. The Morgan fingerprint density at radius 3 is 2.28 bits per heavy atom. The highest BCUT2D eigenvalue weighted by atomic mass is 35.5. The van der Waals surface area contributed by atoms with E-state index in [1.807, 2.05) is 0 Å². The highest BCUT2D eigenvalue weighted by Crippen LogP contribution is 2.25. The number of hydrogen-bond acceptors (Lipinski definition) is 2. The van der Waals surface area contributed by atoms with Crippen LogP contribution in [-0.4, -0.2) is 11.0 Å². The predicted molar refractivity (Wildman–Crippen MR) is 73.3 cm³/mol. The summed E-state index contributed by atoms with van der Waals surface area (Å²) in [5.41, 5.74) is 1.22. The van der Waals surface area contributed by atoms with Crippen LogP contribution in [0.5, 0.6) is 0 Å². The Balaban J connectivity index is 2.01. The van der Waals surface area contributed by atoms with Crippen molar-refractivity contribution < 1.29 is 4.79 Å². The van der Waals surface area contributed by atoms with E-state index in [1.165, 1.54) is 0 Å². The van der Waals surface area contributed by atoms with Gasteiger partial charge in [0.2, 0.25) is 0 Å². The Bertz CT molecular complexity index is 561. The Labute approximate surface area is 114 Å². The average Bonchev–Trinajstić information content (AvgIpc) is 2.35. The van der Waals surface area contributed by atoms with E-state index in [0.717, 1.165) is 0 Å². The first-order valence-corrected chi connectivity index (χ1v) is 5.84. The lowest BCUT2D eigenvalue weighted by Crippen LogP contribution is -2.19. The topological polar surface area (TPSA) is 54.0 Å². The number of amides is 2. The lowest BCUT2D eigenvalue weighted by Gasteiger charge is -2.08. The Kier molecular flexibility index (Phi) is 4.02. The van der Waals surface area contributed by atoms with Gasteiger partial charge in [-0.05, 0) is 30.3 Å². The van der Waals surface area contributed by atoms with Crippen molar-refractivity contribution in [2.45, 2.75) is 0 Å². The molecule has 0 atom stereocenters. The van der Waals surface area contributed by atoms with Crippen molar-refractivity contribution in [2.24, 2.45) is 0 Å². The van der Waals surface area contributed by atoms with E-state index in [4.69, 9.17) is 23.2 Å². The zero-order valence-corrected chi connectivity index (χ0v) is 10.7. The molecule has 2 rings (SSSR count). The van der Waals surface area contributed by atoms with Gasteiger partial charge >= 0.3 is 6.03 Å². The van der Waals surface area contributed by atoms with E-state index in [-0.39, 0.29) is 6.03 Å². The molecule has 6 heteroatoms. The molecule has 1 aromatic carbocycles. The Morgan fingerprint density at radius 1 is 0.944 bits per heavy atom. The van der Waals surface area contributed by atoms with Crippen molar-refractivity contribution in [3.8, 4) is 0 Å². The van der Waals surface area contributed by atoms with Crippen molar-refractivity contribution in [2.75, 3.05) is 10.6 Å². The number of carbonyl (C=O) groups excluding carboxylic acids is 1. The van der Waals surface area contributed by atoms with E-state index in [9.17, 15) is 4.79 Å².